The van der Waals surface area contributed by atoms with E-state index in [0.29, 0.717) is 12.2 Å². The monoisotopic (exact) mass is 373 g/mol. The summed E-state index contributed by atoms with van der Waals surface area (Å²) < 4.78 is 15.3. The van der Waals surface area contributed by atoms with Crippen LogP contribution in [0.1, 0.15) is 30.1 Å². The molecule has 0 aromatic heterocycles. The first kappa shape index (κ1) is 19.9. The van der Waals surface area contributed by atoms with Gasteiger partial charge < -0.3 is 14.2 Å². The molecule has 2 rings (SSSR count). The van der Waals surface area contributed by atoms with Crippen LogP contribution in [0, 0.1) is 10.1 Å². The van der Waals surface area contributed by atoms with E-state index in [1.165, 1.54) is 42.5 Å². The summed E-state index contributed by atoms with van der Waals surface area (Å²) in [5, 5.41) is 10.9. The van der Waals surface area contributed by atoms with Crippen LogP contribution in [0.25, 0.3) is 0 Å². The number of hydrogen-bond acceptors (Lipinski definition) is 7. The van der Waals surface area contributed by atoms with Crippen molar-refractivity contribution in [2.75, 3.05) is 13.2 Å². The Labute approximate surface area is 155 Å². The largest absolute Gasteiger partial charge is 0.475 e. The SMILES string of the molecule is CCCCOC(=O)c1ccc(OC(=O)COc2ccccc2[N+](=O)[O-])cc1. The maximum atomic E-state index is 11.9. The second-order valence-electron chi connectivity index (χ2n) is 5.50. The Morgan fingerprint density at radius 2 is 1.78 bits per heavy atom. The lowest BCUT2D eigenvalue weighted by Gasteiger charge is -2.08. The van der Waals surface area contributed by atoms with E-state index in [1.807, 2.05) is 6.92 Å². The first-order valence-corrected chi connectivity index (χ1v) is 8.35. The number of ether oxygens (including phenoxy) is 3. The molecule has 0 saturated heterocycles. The maximum Gasteiger partial charge on any atom is 0.349 e. The lowest BCUT2D eigenvalue weighted by atomic mass is 10.2. The molecule has 8 nitrogen and oxygen atoms in total. The van der Waals surface area contributed by atoms with Gasteiger partial charge in [0.05, 0.1) is 17.1 Å². The van der Waals surface area contributed by atoms with Gasteiger partial charge in [0.25, 0.3) is 0 Å². The van der Waals surface area contributed by atoms with E-state index in [9.17, 15) is 19.7 Å². The molecule has 0 spiro atoms. The van der Waals surface area contributed by atoms with Gasteiger partial charge in [0.1, 0.15) is 5.75 Å². The Kier molecular flexibility index (Phi) is 7.30. The van der Waals surface area contributed by atoms with Crippen LogP contribution in [-0.4, -0.2) is 30.1 Å². The van der Waals surface area contributed by atoms with Crippen molar-refractivity contribution in [3.8, 4) is 11.5 Å². The average molecular weight is 373 g/mol. The number of carbonyl (C=O) groups is 2. The van der Waals surface area contributed by atoms with Gasteiger partial charge in [-0.25, -0.2) is 9.59 Å². The number of rotatable bonds is 9. The fourth-order valence-corrected chi connectivity index (χ4v) is 2.08. The number of unbranched alkanes of at least 4 members (excludes halogenated alkanes) is 1. The summed E-state index contributed by atoms with van der Waals surface area (Å²) in [5.41, 5.74) is 0.110. The van der Waals surface area contributed by atoms with Gasteiger partial charge in [0, 0.05) is 6.07 Å². The zero-order valence-electron chi connectivity index (χ0n) is 14.8. The summed E-state index contributed by atoms with van der Waals surface area (Å²) in [5.74, 6) is -0.978. The molecule has 0 aliphatic rings. The lowest BCUT2D eigenvalue weighted by molar-refractivity contribution is -0.385. The van der Waals surface area contributed by atoms with Gasteiger partial charge in [-0.1, -0.05) is 25.5 Å². The predicted molar refractivity (Wildman–Crippen MR) is 95.9 cm³/mol. The Morgan fingerprint density at radius 3 is 2.44 bits per heavy atom. The van der Waals surface area contributed by atoms with Crippen LogP contribution in [0.2, 0.25) is 0 Å². The molecule has 0 aliphatic carbocycles. The van der Waals surface area contributed by atoms with Crippen molar-refractivity contribution in [1.29, 1.82) is 0 Å². The average Bonchev–Trinajstić information content (AvgIpc) is 2.67. The van der Waals surface area contributed by atoms with Crippen LogP contribution in [0.3, 0.4) is 0 Å². The molecule has 0 bridgehead atoms. The van der Waals surface area contributed by atoms with E-state index in [-0.39, 0.29) is 17.2 Å². The van der Waals surface area contributed by atoms with Crippen molar-refractivity contribution in [2.24, 2.45) is 0 Å². The van der Waals surface area contributed by atoms with Crippen molar-refractivity contribution in [3.05, 3.63) is 64.2 Å². The van der Waals surface area contributed by atoms with E-state index < -0.39 is 23.5 Å². The minimum atomic E-state index is -0.730. The van der Waals surface area contributed by atoms with Crippen LogP contribution >= 0.6 is 0 Å². The first-order chi connectivity index (χ1) is 13.0. The molecule has 0 fully saturated rings. The summed E-state index contributed by atoms with van der Waals surface area (Å²) in [6, 6.07) is 11.6. The molecular weight excluding hydrogens is 354 g/mol. The molecular formula is C19H19NO7. The van der Waals surface area contributed by atoms with Gasteiger partial charge in [-0.15, -0.1) is 0 Å². The van der Waals surface area contributed by atoms with E-state index in [0.717, 1.165) is 12.8 Å². The molecule has 8 heteroatoms. The summed E-state index contributed by atoms with van der Waals surface area (Å²) >= 11 is 0. The van der Waals surface area contributed by atoms with Crippen LogP contribution in [0.4, 0.5) is 5.69 Å². The minimum Gasteiger partial charge on any atom is -0.475 e. The van der Waals surface area contributed by atoms with Crippen molar-refractivity contribution < 1.29 is 28.7 Å². The molecule has 0 unspecified atom stereocenters. The molecule has 0 amide bonds. The summed E-state index contributed by atoms with van der Waals surface area (Å²) in [6.07, 6.45) is 1.72. The topological polar surface area (TPSA) is 105 Å². The molecule has 0 heterocycles. The van der Waals surface area contributed by atoms with Crippen LogP contribution in [0.5, 0.6) is 11.5 Å². The highest BCUT2D eigenvalue weighted by Crippen LogP contribution is 2.25. The molecule has 2 aromatic rings. The van der Waals surface area contributed by atoms with Crippen LogP contribution < -0.4 is 9.47 Å². The highest BCUT2D eigenvalue weighted by Gasteiger charge is 2.16. The number of hydrogen-bond donors (Lipinski definition) is 0. The highest BCUT2D eigenvalue weighted by molar-refractivity contribution is 5.89. The zero-order chi connectivity index (χ0) is 19.6. The van der Waals surface area contributed by atoms with Crippen molar-refractivity contribution in [3.63, 3.8) is 0 Å². The Hall–Kier alpha value is -3.42. The van der Waals surface area contributed by atoms with E-state index in [2.05, 4.69) is 0 Å². The zero-order valence-corrected chi connectivity index (χ0v) is 14.8. The Balaban J connectivity index is 1.87. The third-order valence-corrected chi connectivity index (χ3v) is 3.46. The number of nitrogens with zero attached hydrogens (tertiary/aromatic N) is 1. The van der Waals surface area contributed by atoms with E-state index >= 15 is 0 Å². The maximum absolute atomic E-state index is 11.9. The molecule has 0 radical (unpaired) electrons. The Morgan fingerprint density at radius 1 is 1.07 bits per heavy atom. The fourth-order valence-electron chi connectivity index (χ4n) is 2.08. The minimum absolute atomic E-state index is 0.0235. The summed E-state index contributed by atoms with van der Waals surface area (Å²) in [4.78, 5) is 33.9. The van der Waals surface area contributed by atoms with Gasteiger partial charge in [0.2, 0.25) is 0 Å². The van der Waals surface area contributed by atoms with Gasteiger partial charge in [-0.3, -0.25) is 10.1 Å². The van der Waals surface area contributed by atoms with Gasteiger partial charge in [0.15, 0.2) is 12.4 Å². The van der Waals surface area contributed by atoms with Crippen molar-refractivity contribution >= 4 is 17.6 Å². The first-order valence-electron chi connectivity index (χ1n) is 8.35. The second kappa shape index (κ2) is 9.91. The molecule has 142 valence electrons. The summed E-state index contributed by atoms with van der Waals surface area (Å²) in [6.45, 7) is 1.86. The van der Waals surface area contributed by atoms with Crippen LogP contribution in [-0.2, 0) is 9.53 Å². The predicted octanol–water partition coefficient (Wildman–Crippen LogP) is 3.54. The van der Waals surface area contributed by atoms with E-state index in [1.54, 1.807) is 6.07 Å². The van der Waals surface area contributed by atoms with Crippen molar-refractivity contribution in [2.45, 2.75) is 19.8 Å². The van der Waals surface area contributed by atoms with Gasteiger partial charge in [-0.05, 0) is 36.8 Å². The van der Waals surface area contributed by atoms with Crippen LogP contribution in [0.15, 0.2) is 48.5 Å². The number of esters is 2. The molecule has 27 heavy (non-hydrogen) atoms. The molecule has 0 atom stereocenters. The third kappa shape index (κ3) is 6.10. The van der Waals surface area contributed by atoms with E-state index in [4.69, 9.17) is 14.2 Å². The molecule has 0 aliphatic heterocycles. The smallest absolute Gasteiger partial charge is 0.349 e. The van der Waals surface area contributed by atoms with Crippen molar-refractivity contribution in [1.82, 2.24) is 0 Å². The second-order valence-corrected chi connectivity index (χ2v) is 5.50. The number of carbonyl (C=O) groups excluding carboxylic acids is 2. The molecule has 0 N–H and O–H groups in total. The number of benzene rings is 2. The number of nitro benzene ring substituents is 1. The number of nitro groups is 1. The Bertz CT molecular complexity index is 802. The van der Waals surface area contributed by atoms with Gasteiger partial charge >= 0.3 is 17.6 Å². The molecule has 0 saturated carbocycles. The third-order valence-electron chi connectivity index (χ3n) is 3.46. The highest BCUT2D eigenvalue weighted by atomic mass is 16.6. The normalized spacial score (nSPS) is 10.1. The quantitative estimate of drug-likeness (QED) is 0.218. The standard InChI is InChI=1S/C19H19NO7/c1-2-3-12-25-19(22)14-8-10-15(11-9-14)27-18(21)13-26-17-7-5-4-6-16(17)20(23)24/h4-11H,2-3,12-13H2,1H3. The number of para-hydroxylation sites is 2. The molecule has 2 aromatic carbocycles. The lowest BCUT2D eigenvalue weighted by Crippen LogP contribution is -2.18. The summed E-state index contributed by atoms with van der Waals surface area (Å²) in [7, 11) is 0. The van der Waals surface area contributed by atoms with Gasteiger partial charge in [-0.2, -0.15) is 0 Å². The fraction of sp³-hybridized carbons (Fsp3) is 0.263.